The molecule has 158 valence electrons. The third-order valence-electron chi connectivity index (χ3n) is 5.30. The van der Waals surface area contributed by atoms with Gasteiger partial charge in [-0.15, -0.1) is 0 Å². The predicted molar refractivity (Wildman–Crippen MR) is 131 cm³/mol. The van der Waals surface area contributed by atoms with E-state index in [1.54, 1.807) is 19.3 Å². The highest BCUT2D eigenvalue weighted by molar-refractivity contribution is 6.32. The fourth-order valence-corrected chi connectivity index (χ4v) is 3.89. The SMILES string of the molecule is COc1cc(/C=C(\C#N)c2ccc(C)cc2)cc(Cl)c1OCc1cccc2ccccc12. The zero-order chi connectivity index (χ0) is 22.5. The molecule has 0 bridgehead atoms. The molecule has 4 aromatic rings. The van der Waals surface area contributed by atoms with Gasteiger partial charge in [0.1, 0.15) is 6.61 Å². The first kappa shape index (κ1) is 21.5. The van der Waals surface area contributed by atoms with Crippen molar-refractivity contribution in [1.29, 1.82) is 5.26 Å². The highest BCUT2D eigenvalue weighted by Gasteiger charge is 2.13. The second kappa shape index (κ2) is 9.60. The minimum atomic E-state index is 0.361. The van der Waals surface area contributed by atoms with Gasteiger partial charge >= 0.3 is 0 Å². The van der Waals surface area contributed by atoms with Crippen LogP contribution in [0.1, 0.15) is 22.3 Å². The lowest BCUT2D eigenvalue weighted by atomic mass is 10.0. The molecule has 0 radical (unpaired) electrons. The van der Waals surface area contributed by atoms with E-state index in [1.807, 2.05) is 61.5 Å². The second-order valence-electron chi connectivity index (χ2n) is 7.50. The molecule has 0 unspecified atom stereocenters. The number of aryl methyl sites for hydroxylation is 1. The summed E-state index contributed by atoms with van der Waals surface area (Å²) in [5, 5.41) is 12.4. The lowest BCUT2D eigenvalue weighted by Crippen LogP contribution is -1.99. The van der Waals surface area contributed by atoms with Crippen LogP contribution in [0.4, 0.5) is 0 Å². The summed E-state index contributed by atoms with van der Waals surface area (Å²) in [6, 6.07) is 28.0. The largest absolute Gasteiger partial charge is 0.493 e. The van der Waals surface area contributed by atoms with E-state index in [4.69, 9.17) is 21.1 Å². The van der Waals surface area contributed by atoms with Crippen molar-refractivity contribution in [1.82, 2.24) is 0 Å². The van der Waals surface area contributed by atoms with Gasteiger partial charge in [0, 0.05) is 0 Å². The smallest absolute Gasteiger partial charge is 0.180 e. The van der Waals surface area contributed by atoms with Gasteiger partial charge in [0.2, 0.25) is 0 Å². The minimum Gasteiger partial charge on any atom is -0.493 e. The summed E-state index contributed by atoms with van der Waals surface area (Å²) in [5.74, 6) is 0.998. The zero-order valence-electron chi connectivity index (χ0n) is 17.9. The number of allylic oxidation sites excluding steroid dienone is 1. The first-order valence-electron chi connectivity index (χ1n) is 10.2. The van der Waals surface area contributed by atoms with Gasteiger partial charge in [-0.2, -0.15) is 5.26 Å². The molecule has 0 aliphatic carbocycles. The van der Waals surface area contributed by atoms with Crippen LogP contribution >= 0.6 is 11.6 Å². The first-order valence-corrected chi connectivity index (χ1v) is 10.6. The maximum Gasteiger partial charge on any atom is 0.180 e. The molecule has 0 heterocycles. The average molecular weight is 440 g/mol. The van der Waals surface area contributed by atoms with E-state index in [9.17, 15) is 5.26 Å². The van der Waals surface area contributed by atoms with E-state index in [-0.39, 0.29) is 0 Å². The Balaban J connectivity index is 1.63. The van der Waals surface area contributed by atoms with Crippen molar-refractivity contribution in [3.63, 3.8) is 0 Å². The number of methoxy groups -OCH3 is 1. The quantitative estimate of drug-likeness (QED) is 0.231. The Morgan fingerprint density at radius 3 is 2.50 bits per heavy atom. The number of nitriles is 1. The summed E-state index contributed by atoms with van der Waals surface area (Å²) in [5.41, 5.74) is 4.37. The number of hydrogen-bond donors (Lipinski definition) is 0. The monoisotopic (exact) mass is 439 g/mol. The molecule has 4 aromatic carbocycles. The fraction of sp³-hybridized carbons (Fsp3) is 0.107. The van der Waals surface area contributed by atoms with Gasteiger partial charge in [-0.25, -0.2) is 0 Å². The molecule has 0 aliphatic heterocycles. The van der Waals surface area contributed by atoms with Crippen LogP contribution in [0.3, 0.4) is 0 Å². The molecule has 32 heavy (non-hydrogen) atoms. The van der Waals surface area contributed by atoms with Crippen LogP contribution in [-0.4, -0.2) is 7.11 Å². The Bertz CT molecular complexity index is 1330. The van der Waals surface area contributed by atoms with Crippen molar-refractivity contribution in [2.75, 3.05) is 7.11 Å². The Kier molecular flexibility index (Phi) is 6.44. The van der Waals surface area contributed by atoms with E-state index in [0.717, 1.165) is 33.0 Å². The third-order valence-corrected chi connectivity index (χ3v) is 5.58. The van der Waals surface area contributed by atoms with Crippen molar-refractivity contribution in [2.45, 2.75) is 13.5 Å². The van der Waals surface area contributed by atoms with E-state index in [0.29, 0.717) is 28.7 Å². The molecule has 0 saturated heterocycles. The summed E-state index contributed by atoms with van der Waals surface area (Å²) in [6.07, 6.45) is 1.80. The fourth-order valence-electron chi connectivity index (χ4n) is 3.61. The number of fused-ring (bicyclic) bond motifs is 1. The van der Waals surface area contributed by atoms with Gasteiger partial charge < -0.3 is 9.47 Å². The topological polar surface area (TPSA) is 42.2 Å². The van der Waals surface area contributed by atoms with E-state index in [2.05, 4.69) is 24.3 Å². The number of nitrogens with zero attached hydrogens (tertiary/aromatic N) is 1. The minimum absolute atomic E-state index is 0.361. The lowest BCUT2D eigenvalue weighted by molar-refractivity contribution is 0.286. The zero-order valence-corrected chi connectivity index (χ0v) is 18.7. The Morgan fingerprint density at radius 2 is 1.75 bits per heavy atom. The molecule has 4 rings (SSSR count). The molecule has 0 N–H and O–H groups in total. The van der Waals surface area contributed by atoms with Crippen LogP contribution in [0.5, 0.6) is 11.5 Å². The number of hydrogen-bond acceptors (Lipinski definition) is 3. The molecule has 0 saturated carbocycles. The standard InChI is InChI=1S/C28H22ClNO2/c1-19-10-12-21(13-11-19)24(17-30)14-20-15-26(29)28(27(16-20)31-2)32-18-23-8-5-7-22-6-3-4-9-25(22)23/h3-16H,18H2,1-2H3/b24-14+. The van der Waals surface area contributed by atoms with Crippen molar-refractivity contribution in [3.05, 3.63) is 106 Å². The van der Waals surface area contributed by atoms with Gasteiger partial charge in [-0.05, 0) is 52.6 Å². The van der Waals surface area contributed by atoms with Gasteiger partial charge in [-0.1, -0.05) is 83.9 Å². The van der Waals surface area contributed by atoms with Crippen molar-refractivity contribution < 1.29 is 9.47 Å². The third kappa shape index (κ3) is 4.61. The molecule has 0 aliphatic rings. The van der Waals surface area contributed by atoms with Gasteiger partial charge in [-0.3, -0.25) is 0 Å². The molecular formula is C28H22ClNO2. The molecule has 0 spiro atoms. The number of benzene rings is 4. The van der Waals surface area contributed by atoms with Crippen LogP contribution in [0.15, 0.2) is 78.9 Å². The Morgan fingerprint density at radius 1 is 1.00 bits per heavy atom. The van der Waals surface area contributed by atoms with Crippen molar-refractivity contribution in [2.24, 2.45) is 0 Å². The Hall–Kier alpha value is -3.74. The van der Waals surface area contributed by atoms with Gasteiger partial charge in [0.25, 0.3) is 0 Å². The normalized spacial score (nSPS) is 11.2. The lowest BCUT2D eigenvalue weighted by Gasteiger charge is -2.14. The summed E-state index contributed by atoms with van der Waals surface area (Å²) >= 11 is 6.57. The molecule has 0 aromatic heterocycles. The molecule has 3 nitrogen and oxygen atoms in total. The van der Waals surface area contributed by atoms with Crippen LogP contribution in [-0.2, 0) is 6.61 Å². The Labute approximate surface area is 193 Å². The van der Waals surface area contributed by atoms with Gasteiger partial charge in [0.15, 0.2) is 11.5 Å². The summed E-state index contributed by atoms with van der Waals surface area (Å²) in [6.45, 7) is 2.38. The highest BCUT2D eigenvalue weighted by Crippen LogP contribution is 2.38. The number of halogens is 1. The van der Waals surface area contributed by atoms with Crippen LogP contribution in [0, 0.1) is 18.3 Å². The van der Waals surface area contributed by atoms with E-state index in [1.165, 1.54) is 0 Å². The van der Waals surface area contributed by atoms with E-state index >= 15 is 0 Å². The number of ether oxygens (including phenoxy) is 2. The second-order valence-corrected chi connectivity index (χ2v) is 7.90. The molecule has 0 amide bonds. The van der Waals surface area contributed by atoms with Gasteiger partial charge in [0.05, 0.1) is 23.8 Å². The van der Waals surface area contributed by atoms with Crippen molar-refractivity contribution >= 4 is 34.0 Å². The average Bonchev–Trinajstić information content (AvgIpc) is 2.82. The highest BCUT2D eigenvalue weighted by atomic mass is 35.5. The van der Waals surface area contributed by atoms with Crippen LogP contribution < -0.4 is 9.47 Å². The number of rotatable bonds is 6. The molecular weight excluding hydrogens is 418 g/mol. The maximum absolute atomic E-state index is 9.65. The maximum atomic E-state index is 9.65. The summed E-state index contributed by atoms with van der Waals surface area (Å²) < 4.78 is 11.7. The van der Waals surface area contributed by atoms with Crippen molar-refractivity contribution in [3.8, 4) is 17.6 Å². The summed E-state index contributed by atoms with van der Waals surface area (Å²) in [4.78, 5) is 0. The van der Waals surface area contributed by atoms with E-state index < -0.39 is 0 Å². The predicted octanol–water partition coefficient (Wildman–Crippen LogP) is 7.45. The summed E-state index contributed by atoms with van der Waals surface area (Å²) in [7, 11) is 1.58. The molecule has 4 heteroatoms. The first-order chi connectivity index (χ1) is 15.6. The molecule has 0 fully saturated rings. The van der Waals surface area contributed by atoms with Crippen LogP contribution in [0.25, 0.3) is 22.4 Å². The molecule has 0 atom stereocenters. The van der Waals surface area contributed by atoms with Crippen LogP contribution in [0.2, 0.25) is 5.02 Å².